The number of aromatic nitrogens is 2. The molecule has 0 fully saturated rings. The van der Waals surface area contributed by atoms with Gasteiger partial charge in [-0.05, 0) is 83.0 Å². The highest BCUT2D eigenvalue weighted by atomic mass is 16.7. The van der Waals surface area contributed by atoms with Crippen LogP contribution in [0.15, 0.2) is 36.5 Å². The van der Waals surface area contributed by atoms with Gasteiger partial charge in [-0.1, -0.05) is 18.3 Å². The molecule has 0 saturated heterocycles. The van der Waals surface area contributed by atoms with Gasteiger partial charge in [-0.2, -0.15) is 10.4 Å². The summed E-state index contributed by atoms with van der Waals surface area (Å²) in [5.41, 5.74) is 13.0. The Hall–Kier alpha value is -3.61. The van der Waals surface area contributed by atoms with E-state index in [9.17, 15) is 10.1 Å². The molecule has 1 aromatic carbocycles. The molecule has 0 bridgehead atoms. The number of nitrogens with one attached hydrogen (secondary N) is 1. The molecule has 0 atom stereocenters. The van der Waals surface area contributed by atoms with Crippen molar-refractivity contribution < 1.29 is 14.4 Å². The van der Waals surface area contributed by atoms with Crippen LogP contribution >= 0.6 is 0 Å². The highest BCUT2D eigenvalue weighted by molar-refractivity contribution is 5.93. The summed E-state index contributed by atoms with van der Waals surface area (Å²) >= 11 is 0. The summed E-state index contributed by atoms with van der Waals surface area (Å²) < 4.78 is 7.20. The first-order valence-electron chi connectivity index (χ1n) is 12.8. The van der Waals surface area contributed by atoms with Crippen molar-refractivity contribution in [3.8, 4) is 11.8 Å². The van der Waals surface area contributed by atoms with Crippen molar-refractivity contribution in [3.05, 3.63) is 58.9 Å². The summed E-state index contributed by atoms with van der Waals surface area (Å²) in [4.78, 5) is 18.3. The zero-order valence-corrected chi connectivity index (χ0v) is 22.2. The number of hydroxylamine groups is 1. The van der Waals surface area contributed by atoms with Crippen molar-refractivity contribution in [3.63, 3.8) is 0 Å². The second kappa shape index (κ2) is 13.1. The second-order valence-electron chi connectivity index (χ2n) is 9.57. The van der Waals surface area contributed by atoms with E-state index in [1.165, 1.54) is 0 Å². The Kier molecular flexibility index (Phi) is 9.89. The number of unbranched alkanes of at least 4 members (excludes halogenated alkanes) is 3. The lowest BCUT2D eigenvalue weighted by atomic mass is 9.96. The van der Waals surface area contributed by atoms with Crippen molar-refractivity contribution >= 4 is 17.1 Å². The number of amides is 1. The van der Waals surface area contributed by atoms with E-state index in [1.807, 2.05) is 33.8 Å². The summed E-state index contributed by atoms with van der Waals surface area (Å²) in [5.74, 6) is 0.230. The SMILES string of the molecule is CCOc1ccc(C(=O)[N]OC(C)(C)Cc2c(C)c(NCCCCCCN)c(C#N)c3ccnn23)cc1. The molecule has 0 spiro atoms. The number of fused-ring (bicyclic) bond motifs is 1. The second-order valence-corrected chi connectivity index (χ2v) is 9.57. The van der Waals surface area contributed by atoms with Crippen LogP contribution in [0.5, 0.6) is 5.75 Å². The molecule has 9 nitrogen and oxygen atoms in total. The van der Waals surface area contributed by atoms with Gasteiger partial charge in [-0.25, -0.2) is 9.35 Å². The van der Waals surface area contributed by atoms with Gasteiger partial charge in [0.25, 0.3) is 5.91 Å². The molecule has 3 rings (SSSR count). The van der Waals surface area contributed by atoms with Crippen molar-refractivity contribution in [2.45, 2.75) is 65.4 Å². The fourth-order valence-corrected chi connectivity index (χ4v) is 4.22. The number of nitrogens with two attached hydrogens (primary N) is 1. The molecular weight excluding hydrogens is 468 g/mol. The summed E-state index contributed by atoms with van der Waals surface area (Å²) in [6.07, 6.45) is 6.30. The maximum atomic E-state index is 12.6. The first-order valence-corrected chi connectivity index (χ1v) is 12.8. The van der Waals surface area contributed by atoms with E-state index in [4.69, 9.17) is 15.3 Å². The van der Waals surface area contributed by atoms with Gasteiger partial charge in [0.15, 0.2) is 0 Å². The molecular formula is C28H37N6O3. The van der Waals surface area contributed by atoms with Gasteiger partial charge in [0, 0.05) is 18.5 Å². The van der Waals surface area contributed by atoms with E-state index in [0.29, 0.717) is 36.4 Å². The molecule has 0 aliphatic heterocycles. The minimum Gasteiger partial charge on any atom is -0.494 e. The van der Waals surface area contributed by atoms with Gasteiger partial charge in [-0.15, -0.1) is 0 Å². The number of nitrogens with zero attached hydrogens (tertiary/aromatic N) is 4. The Labute approximate surface area is 218 Å². The number of ether oxygens (including phenoxy) is 1. The summed E-state index contributed by atoms with van der Waals surface area (Å²) in [6.45, 7) is 9.66. The molecule has 3 N–H and O–H groups in total. The van der Waals surface area contributed by atoms with Crippen LogP contribution in [-0.2, 0) is 11.3 Å². The van der Waals surface area contributed by atoms with Crippen LogP contribution in [0.1, 0.15) is 73.6 Å². The molecule has 2 aromatic heterocycles. The van der Waals surface area contributed by atoms with Crippen molar-refractivity contribution in [2.75, 3.05) is 25.0 Å². The number of carbonyl (C=O) groups is 1. The molecule has 1 amide bonds. The van der Waals surface area contributed by atoms with Gasteiger partial charge in [-0.3, -0.25) is 4.79 Å². The molecule has 0 aliphatic carbocycles. The zero-order valence-electron chi connectivity index (χ0n) is 22.2. The van der Waals surface area contributed by atoms with Crippen LogP contribution in [0, 0.1) is 18.3 Å². The third-order valence-corrected chi connectivity index (χ3v) is 6.14. The van der Waals surface area contributed by atoms with Crippen LogP contribution in [-0.4, -0.2) is 40.8 Å². The Bertz CT molecular complexity index is 1230. The average molecular weight is 506 g/mol. The van der Waals surface area contributed by atoms with E-state index in [0.717, 1.165) is 54.7 Å². The fraction of sp³-hybridized carbons (Fsp3) is 0.464. The summed E-state index contributed by atoms with van der Waals surface area (Å²) in [6, 6.07) is 11.0. The number of rotatable bonds is 14. The monoisotopic (exact) mass is 505 g/mol. The molecule has 9 heteroatoms. The minimum absolute atomic E-state index is 0.418. The highest BCUT2D eigenvalue weighted by Gasteiger charge is 2.27. The number of hydrogen-bond acceptors (Lipinski definition) is 7. The minimum atomic E-state index is -0.807. The summed E-state index contributed by atoms with van der Waals surface area (Å²) in [5, 5.41) is 17.9. The molecule has 37 heavy (non-hydrogen) atoms. The number of anilines is 1. The quantitative estimate of drug-likeness (QED) is 0.243. The Morgan fingerprint density at radius 1 is 1.19 bits per heavy atom. The molecule has 2 heterocycles. The molecule has 0 unspecified atom stereocenters. The van der Waals surface area contributed by atoms with Crippen molar-refractivity contribution in [2.24, 2.45) is 5.73 Å². The van der Waals surface area contributed by atoms with Crippen LogP contribution in [0.4, 0.5) is 5.69 Å². The molecule has 0 aliphatic rings. The van der Waals surface area contributed by atoms with Crippen molar-refractivity contribution in [1.82, 2.24) is 15.1 Å². The number of carbonyl (C=O) groups excluding carboxylic acids is 1. The van der Waals surface area contributed by atoms with Crippen LogP contribution in [0.3, 0.4) is 0 Å². The van der Waals surface area contributed by atoms with Gasteiger partial charge >= 0.3 is 0 Å². The summed E-state index contributed by atoms with van der Waals surface area (Å²) in [7, 11) is 0. The first-order chi connectivity index (χ1) is 17.8. The number of nitriles is 1. The molecule has 3 aromatic rings. The fourth-order valence-electron chi connectivity index (χ4n) is 4.22. The number of benzene rings is 1. The van der Waals surface area contributed by atoms with Gasteiger partial charge in [0.05, 0.1) is 35.3 Å². The Morgan fingerprint density at radius 3 is 2.59 bits per heavy atom. The Morgan fingerprint density at radius 2 is 1.92 bits per heavy atom. The van der Waals surface area contributed by atoms with E-state index in [2.05, 4.69) is 22.0 Å². The highest BCUT2D eigenvalue weighted by Crippen LogP contribution is 2.31. The van der Waals surface area contributed by atoms with Gasteiger partial charge < -0.3 is 15.8 Å². The number of pyridine rings is 1. The van der Waals surface area contributed by atoms with Gasteiger partial charge in [0.2, 0.25) is 0 Å². The third kappa shape index (κ3) is 7.21. The van der Waals surface area contributed by atoms with Crippen LogP contribution in [0.2, 0.25) is 0 Å². The first kappa shape index (κ1) is 28.0. The molecule has 197 valence electrons. The molecule has 1 radical (unpaired) electrons. The van der Waals surface area contributed by atoms with Crippen molar-refractivity contribution in [1.29, 1.82) is 5.26 Å². The average Bonchev–Trinajstić information content (AvgIpc) is 3.37. The van der Waals surface area contributed by atoms with E-state index >= 15 is 0 Å². The number of hydrogen-bond donors (Lipinski definition) is 2. The van der Waals surface area contributed by atoms with Crippen LogP contribution in [0.25, 0.3) is 5.52 Å². The maximum absolute atomic E-state index is 12.6. The lowest BCUT2D eigenvalue weighted by Crippen LogP contribution is -2.34. The normalized spacial score (nSPS) is 11.4. The lowest BCUT2D eigenvalue weighted by Gasteiger charge is -2.26. The lowest BCUT2D eigenvalue weighted by molar-refractivity contribution is -0.0756. The maximum Gasteiger partial charge on any atom is 0.299 e. The standard InChI is InChI=1S/C28H37N6O3/c1-5-36-22-12-10-21(11-13-22)27(35)33-37-28(3,4)18-25-20(2)26(31-16-9-7-6-8-15-29)23(19-30)24-14-17-32-34(24)25/h10-14,17,31H,5-9,15-16,18,29H2,1-4H3. The zero-order chi connectivity index (χ0) is 26.8. The predicted octanol–water partition coefficient (Wildman–Crippen LogP) is 4.54. The Balaban J connectivity index is 1.75. The topological polar surface area (TPSA) is 129 Å². The van der Waals surface area contributed by atoms with E-state index < -0.39 is 11.5 Å². The van der Waals surface area contributed by atoms with Crippen LogP contribution < -0.4 is 21.3 Å². The largest absolute Gasteiger partial charge is 0.494 e. The third-order valence-electron chi connectivity index (χ3n) is 6.14. The van der Waals surface area contributed by atoms with Gasteiger partial charge in [0.1, 0.15) is 17.4 Å². The smallest absolute Gasteiger partial charge is 0.299 e. The molecule has 0 saturated carbocycles. The van der Waals surface area contributed by atoms with E-state index in [1.54, 1.807) is 35.0 Å². The van der Waals surface area contributed by atoms with E-state index in [-0.39, 0.29) is 0 Å². The predicted molar refractivity (Wildman–Crippen MR) is 144 cm³/mol.